The van der Waals surface area contributed by atoms with E-state index in [9.17, 15) is 0 Å². The van der Waals surface area contributed by atoms with Crippen LogP contribution in [-0.4, -0.2) is 11.5 Å². The van der Waals surface area contributed by atoms with Crippen molar-refractivity contribution in [2.75, 3.05) is 9.62 Å². The van der Waals surface area contributed by atoms with Crippen LogP contribution in [0.4, 0.5) is 22.7 Å². The van der Waals surface area contributed by atoms with Gasteiger partial charge in [-0.2, -0.15) is 0 Å². The minimum atomic E-state index is -0.224. The lowest BCUT2D eigenvalue weighted by atomic mass is 9.53. The third-order valence-corrected chi connectivity index (χ3v) is 15.4. The average molecular weight is 818 g/mol. The van der Waals surface area contributed by atoms with E-state index in [4.69, 9.17) is 0 Å². The number of aromatic nitrogens is 1. The number of rotatable bonds is 3. The minimum absolute atomic E-state index is 0.146. The van der Waals surface area contributed by atoms with Crippen LogP contribution in [0.2, 0.25) is 0 Å². The molecular weight excluding hydrogens is 773 g/mol. The highest BCUT2D eigenvalue weighted by Crippen LogP contribution is 2.59. The summed E-state index contributed by atoms with van der Waals surface area (Å²) in [5, 5.41) is 2.54. The van der Waals surface area contributed by atoms with Crippen molar-refractivity contribution in [1.29, 1.82) is 0 Å². The van der Waals surface area contributed by atoms with E-state index in [1.807, 2.05) is 0 Å². The lowest BCUT2D eigenvalue weighted by Crippen LogP contribution is -2.62. The molecule has 2 aliphatic heterocycles. The molecule has 0 radical (unpaired) electrons. The van der Waals surface area contributed by atoms with Crippen LogP contribution in [0.5, 0.6) is 0 Å². The van der Waals surface area contributed by atoms with Gasteiger partial charge in [0, 0.05) is 72.3 Å². The molecule has 0 spiro atoms. The quantitative estimate of drug-likeness (QED) is 0.165. The largest absolute Gasteiger partial charge is 0.421 e. The number of hydrogen-bond acceptors (Lipinski definition) is 2. The maximum atomic E-state index is 2.74. The third kappa shape index (κ3) is 4.43. The van der Waals surface area contributed by atoms with Gasteiger partial charge in [0.05, 0.1) is 11.0 Å². The number of benzene rings is 9. The van der Waals surface area contributed by atoms with E-state index >= 15 is 0 Å². The number of fused-ring (bicyclic) bond motifs is 14. The Kier molecular flexibility index (Phi) is 7.05. The lowest BCUT2D eigenvalue weighted by molar-refractivity contribution is 0.660. The predicted octanol–water partition coefficient (Wildman–Crippen LogP) is 14.7. The summed E-state index contributed by atoms with van der Waals surface area (Å²) in [6.45, 7) is 9.36. The summed E-state index contributed by atoms with van der Waals surface area (Å²) in [5.74, 6) is 0. The zero-order chi connectivity index (χ0) is 42.6. The summed E-state index contributed by atoms with van der Waals surface area (Å²) in [4.78, 5) is 5.46. The fourth-order valence-electron chi connectivity index (χ4n) is 12.6. The SMILES string of the molecule is CC1(C)c2ccccc2-c2c(N3B4c5c(cccc5-c5c(ccc6c5c5ccccc5n6-c5ccccc5)N4c4cccc5c4-c4ccccc4C5(C)C)-c4ccccc43)cccc21. The van der Waals surface area contributed by atoms with Crippen molar-refractivity contribution in [2.24, 2.45) is 0 Å². The Balaban J connectivity index is 1.16. The van der Waals surface area contributed by atoms with Crippen molar-refractivity contribution in [2.45, 2.75) is 38.5 Å². The molecule has 0 atom stereocenters. The van der Waals surface area contributed by atoms with Crippen LogP contribution in [-0.2, 0) is 10.8 Å². The molecule has 1 aromatic heterocycles. The summed E-state index contributed by atoms with van der Waals surface area (Å²) >= 11 is 0. The van der Waals surface area contributed by atoms with Crippen LogP contribution >= 0.6 is 0 Å². The van der Waals surface area contributed by atoms with Gasteiger partial charge in [-0.25, -0.2) is 0 Å². The first-order valence-corrected chi connectivity index (χ1v) is 22.7. The Hall–Kier alpha value is -7.56. The zero-order valence-corrected chi connectivity index (χ0v) is 36.4. The van der Waals surface area contributed by atoms with E-state index in [0.717, 1.165) is 5.69 Å². The molecule has 9 aromatic carbocycles. The van der Waals surface area contributed by atoms with Crippen molar-refractivity contribution >= 4 is 57.0 Å². The Labute approximate surface area is 374 Å². The number of hydrogen-bond donors (Lipinski definition) is 0. The number of nitrogens with zero attached hydrogens (tertiary/aromatic N) is 3. The molecule has 0 bridgehead atoms. The highest BCUT2D eigenvalue weighted by atomic mass is 15.2. The lowest BCUT2D eigenvalue weighted by Gasteiger charge is -2.48. The second kappa shape index (κ2) is 12.5. The van der Waals surface area contributed by atoms with Crippen LogP contribution in [0.25, 0.3) is 72.0 Å². The second-order valence-electron chi connectivity index (χ2n) is 19.2. The standard InChI is InChI=1S/C60H44BN3/c1-59(2)44-27-12-8-22-40(44)54-46(59)29-17-33-51(54)63-49-32-15-10-21-38(49)39-25-16-26-43-57-53(36-35-50-56(57)42-24-11-14-31-48(42)62(50)37-19-6-5-7-20-37)64(61(63)58(39)43)52-34-18-30-47-55(52)41-23-9-13-28-45(41)60(47,3)4/h5-36H,1-4H3. The number of para-hydroxylation sites is 3. The molecule has 0 unspecified atom stereocenters. The summed E-state index contributed by atoms with van der Waals surface area (Å²) < 4.78 is 2.46. The van der Waals surface area contributed by atoms with Gasteiger partial charge in [-0.3, -0.25) is 0 Å². The molecular formula is C60H44BN3. The van der Waals surface area contributed by atoms with Gasteiger partial charge in [0.25, 0.3) is 0 Å². The van der Waals surface area contributed by atoms with Crippen molar-refractivity contribution < 1.29 is 0 Å². The first kappa shape index (κ1) is 36.0. The predicted molar refractivity (Wildman–Crippen MR) is 269 cm³/mol. The Bertz CT molecular complexity index is 3650. The maximum Gasteiger partial charge on any atom is 0.421 e. The topological polar surface area (TPSA) is 11.4 Å². The second-order valence-corrected chi connectivity index (χ2v) is 19.2. The molecule has 0 fully saturated rings. The van der Waals surface area contributed by atoms with Crippen molar-refractivity contribution in [1.82, 2.24) is 4.57 Å². The van der Waals surface area contributed by atoms with Crippen LogP contribution in [0.1, 0.15) is 49.9 Å². The molecule has 0 amide bonds. The molecule has 2 aliphatic carbocycles. The molecule has 302 valence electrons. The fraction of sp³-hybridized carbons (Fsp3) is 0.100. The molecule has 14 rings (SSSR count). The molecule has 0 saturated heterocycles. The Morgan fingerprint density at radius 1 is 0.344 bits per heavy atom. The third-order valence-electron chi connectivity index (χ3n) is 15.4. The molecule has 64 heavy (non-hydrogen) atoms. The Morgan fingerprint density at radius 2 is 0.828 bits per heavy atom. The van der Waals surface area contributed by atoms with Gasteiger partial charge >= 0.3 is 6.98 Å². The highest BCUT2D eigenvalue weighted by Gasteiger charge is 2.51. The van der Waals surface area contributed by atoms with Crippen LogP contribution in [0.15, 0.2) is 194 Å². The van der Waals surface area contributed by atoms with E-state index in [1.54, 1.807) is 0 Å². The van der Waals surface area contributed by atoms with Gasteiger partial charge in [0.1, 0.15) is 0 Å². The monoisotopic (exact) mass is 817 g/mol. The first-order chi connectivity index (χ1) is 31.3. The molecule has 0 saturated carbocycles. The van der Waals surface area contributed by atoms with Crippen LogP contribution in [0.3, 0.4) is 0 Å². The van der Waals surface area contributed by atoms with E-state index in [0.29, 0.717) is 0 Å². The van der Waals surface area contributed by atoms with E-state index in [-0.39, 0.29) is 17.8 Å². The van der Waals surface area contributed by atoms with Gasteiger partial charge in [0.2, 0.25) is 0 Å². The molecule has 3 heterocycles. The average Bonchev–Trinajstić information content (AvgIpc) is 3.89. The molecule has 4 aliphatic rings. The van der Waals surface area contributed by atoms with Crippen LogP contribution in [0, 0.1) is 0 Å². The van der Waals surface area contributed by atoms with E-state index in [1.165, 1.54) is 117 Å². The van der Waals surface area contributed by atoms with E-state index < -0.39 is 0 Å². The molecule has 4 heteroatoms. The summed E-state index contributed by atoms with van der Waals surface area (Å²) in [5.41, 5.74) is 25.4. The fourth-order valence-corrected chi connectivity index (χ4v) is 12.6. The van der Waals surface area contributed by atoms with Gasteiger partial charge in [-0.15, -0.1) is 0 Å². The molecule has 3 nitrogen and oxygen atoms in total. The first-order valence-electron chi connectivity index (χ1n) is 22.7. The summed E-state index contributed by atoms with van der Waals surface area (Å²) in [6, 6.07) is 73.3. The Morgan fingerprint density at radius 3 is 1.52 bits per heavy atom. The smallest absolute Gasteiger partial charge is 0.361 e. The van der Waals surface area contributed by atoms with Gasteiger partial charge < -0.3 is 14.2 Å². The van der Waals surface area contributed by atoms with Crippen molar-refractivity contribution in [3.05, 3.63) is 216 Å². The van der Waals surface area contributed by atoms with Gasteiger partial charge in [-0.05, 0) is 98.5 Å². The maximum absolute atomic E-state index is 2.74. The van der Waals surface area contributed by atoms with Crippen molar-refractivity contribution in [3.63, 3.8) is 0 Å². The van der Waals surface area contributed by atoms with Gasteiger partial charge in [0.15, 0.2) is 0 Å². The highest BCUT2D eigenvalue weighted by molar-refractivity contribution is 6.87. The minimum Gasteiger partial charge on any atom is -0.361 e. The van der Waals surface area contributed by atoms with E-state index in [2.05, 4.69) is 236 Å². The summed E-state index contributed by atoms with van der Waals surface area (Å²) in [7, 11) is 0. The van der Waals surface area contributed by atoms with Crippen molar-refractivity contribution in [3.8, 4) is 50.2 Å². The van der Waals surface area contributed by atoms with Gasteiger partial charge in [-0.1, -0.05) is 173 Å². The zero-order valence-electron chi connectivity index (χ0n) is 36.4. The normalized spacial score (nSPS) is 15.3. The summed E-state index contributed by atoms with van der Waals surface area (Å²) in [6.07, 6.45) is 0. The molecule has 10 aromatic rings. The number of anilines is 4. The molecule has 0 N–H and O–H groups in total. The van der Waals surface area contributed by atoms with Crippen LogP contribution < -0.4 is 15.1 Å².